The van der Waals surface area contributed by atoms with Crippen LogP contribution in [-0.4, -0.2) is 30.1 Å². The lowest BCUT2D eigenvalue weighted by molar-refractivity contribution is -0.139. The normalized spacial score (nSPS) is 11.6. The molecular weight excluding hydrogens is 301 g/mol. The molecule has 23 heavy (non-hydrogen) atoms. The number of carbonyl (C=O) groups is 2. The zero-order valence-corrected chi connectivity index (χ0v) is 12.5. The van der Waals surface area contributed by atoms with Gasteiger partial charge in [-0.3, -0.25) is 4.79 Å². The average Bonchev–Trinajstić information content (AvgIpc) is 2.54. The van der Waals surface area contributed by atoms with Crippen molar-refractivity contribution < 1.29 is 23.8 Å². The number of methoxy groups -OCH3 is 1. The zero-order chi connectivity index (χ0) is 16.8. The number of rotatable bonds is 6. The Kier molecular flexibility index (Phi) is 5.30. The van der Waals surface area contributed by atoms with Gasteiger partial charge in [-0.1, -0.05) is 18.2 Å². The van der Waals surface area contributed by atoms with Crippen molar-refractivity contribution in [2.45, 2.75) is 12.5 Å². The molecule has 0 heterocycles. The molecule has 0 saturated heterocycles. The van der Waals surface area contributed by atoms with E-state index in [4.69, 9.17) is 4.74 Å². The molecule has 0 radical (unpaired) electrons. The van der Waals surface area contributed by atoms with Crippen LogP contribution < -0.4 is 10.1 Å². The summed E-state index contributed by atoms with van der Waals surface area (Å²) in [5.74, 6) is -1.77. The van der Waals surface area contributed by atoms with Crippen LogP contribution in [0.2, 0.25) is 0 Å². The van der Waals surface area contributed by atoms with Gasteiger partial charge in [0, 0.05) is 12.0 Å². The van der Waals surface area contributed by atoms with Gasteiger partial charge < -0.3 is 15.2 Å². The fourth-order valence-corrected chi connectivity index (χ4v) is 2.11. The standard InChI is InChI=1S/C17H16FNO4/c1-23-14-7-2-4-11(8-14)9-15(17(21)22)19-16(20)12-5-3-6-13(18)10-12/h2-8,10,15H,9H2,1H3,(H,19,20)(H,21,22)/t15-/m0/s1. The molecule has 5 nitrogen and oxygen atoms in total. The third-order valence-electron chi connectivity index (χ3n) is 3.26. The van der Waals surface area contributed by atoms with Gasteiger partial charge in [0.15, 0.2) is 0 Å². The largest absolute Gasteiger partial charge is 0.497 e. The Balaban J connectivity index is 2.12. The number of ether oxygens (including phenoxy) is 1. The van der Waals surface area contributed by atoms with Crippen molar-refractivity contribution >= 4 is 11.9 Å². The smallest absolute Gasteiger partial charge is 0.326 e. The fourth-order valence-electron chi connectivity index (χ4n) is 2.11. The Morgan fingerprint density at radius 2 is 1.96 bits per heavy atom. The van der Waals surface area contributed by atoms with E-state index in [1.54, 1.807) is 24.3 Å². The molecule has 0 spiro atoms. The summed E-state index contributed by atoms with van der Waals surface area (Å²) in [7, 11) is 1.51. The number of hydrogen-bond acceptors (Lipinski definition) is 3. The van der Waals surface area contributed by atoms with Crippen LogP contribution in [0.3, 0.4) is 0 Å². The van der Waals surface area contributed by atoms with Crippen LogP contribution in [0.15, 0.2) is 48.5 Å². The summed E-state index contributed by atoms with van der Waals surface area (Å²) in [6, 6.07) is 10.9. The van der Waals surface area contributed by atoms with E-state index in [2.05, 4.69) is 5.32 Å². The minimum atomic E-state index is -1.17. The van der Waals surface area contributed by atoms with Crippen molar-refractivity contribution in [2.75, 3.05) is 7.11 Å². The maximum absolute atomic E-state index is 13.1. The second-order valence-electron chi connectivity index (χ2n) is 4.93. The first-order chi connectivity index (χ1) is 11.0. The lowest BCUT2D eigenvalue weighted by Gasteiger charge is -2.15. The maximum Gasteiger partial charge on any atom is 0.326 e. The van der Waals surface area contributed by atoms with Crippen molar-refractivity contribution in [3.05, 3.63) is 65.5 Å². The SMILES string of the molecule is COc1cccc(C[C@H](NC(=O)c2cccc(F)c2)C(=O)O)c1. The lowest BCUT2D eigenvalue weighted by atomic mass is 10.0. The molecule has 120 valence electrons. The maximum atomic E-state index is 13.1. The van der Waals surface area contributed by atoms with Crippen LogP contribution in [0.5, 0.6) is 5.75 Å². The third kappa shape index (κ3) is 4.54. The van der Waals surface area contributed by atoms with Crippen LogP contribution in [-0.2, 0) is 11.2 Å². The van der Waals surface area contributed by atoms with E-state index in [0.717, 1.165) is 6.07 Å². The summed E-state index contributed by atoms with van der Waals surface area (Å²) in [6.07, 6.45) is 0.0909. The summed E-state index contributed by atoms with van der Waals surface area (Å²) >= 11 is 0. The van der Waals surface area contributed by atoms with Crippen molar-refractivity contribution in [2.24, 2.45) is 0 Å². The average molecular weight is 317 g/mol. The lowest BCUT2D eigenvalue weighted by Crippen LogP contribution is -2.42. The van der Waals surface area contributed by atoms with Gasteiger partial charge in [0.2, 0.25) is 0 Å². The molecule has 1 amide bonds. The summed E-state index contributed by atoms with van der Waals surface area (Å²) in [5.41, 5.74) is 0.776. The molecule has 2 N–H and O–H groups in total. The number of halogens is 1. The molecular formula is C17H16FNO4. The van der Waals surface area contributed by atoms with E-state index in [-0.39, 0.29) is 12.0 Å². The Bertz CT molecular complexity index is 717. The van der Waals surface area contributed by atoms with Crippen LogP contribution >= 0.6 is 0 Å². The number of nitrogens with one attached hydrogen (secondary N) is 1. The number of carboxylic acid groups (broad SMARTS) is 1. The van der Waals surface area contributed by atoms with E-state index in [0.29, 0.717) is 11.3 Å². The number of benzene rings is 2. The summed E-state index contributed by atoms with van der Waals surface area (Å²) in [5, 5.41) is 11.7. The minimum Gasteiger partial charge on any atom is -0.497 e. The fraction of sp³-hybridized carbons (Fsp3) is 0.176. The Labute approximate surface area is 132 Å². The molecule has 0 aliphatic carbocycles. The van der Waals surface area contributed by atoms with Gasteiger partial charge in [-0.25, -0.2) is 9.18 Å². The highest BCUT2D eigenvalue weighted by Crippen LogP contribution is 2.14. The van der Waals surface area contributed by atoms with E-state index in [9.17, 15) is 19.1 Å². The molecule has 0 saturated carbocycles. The zero-order valence-electron chi connectivity index (χ0n) is 12.5. The summed E-state index contributed by atoms with van der Waals surface area (Å²) in [4.78, 5) is 23.4. The van der Waals surface area contributed by atoms with E-state index in [1.807, 2.05) is 0 Å². The Morgan fingerprint density at radius 1 is 1.22 bits per heavy atom. The molecule has 2 aromatic rings. The third-order valence-corrected chi connectivity index (χ3v) is 3.26. The highest BCUT2D eigenvalue weighted by molar-refractivity contribution is 5.96. The first-order valence-electron chi connectivity index (χ1n) is 6.92. The number of carboxylic acids is 1. The predicted octanol–water partition coefficient (Wildman–Crippen LogP) is 2.26. The minimum absolute atomic E-state index is 0.0712. The molecule has 0 bridgehead atoms. The number of aliphatic carboxylic acids is 1. The first kappa shape index (κ1) is 16.5. The monoisotopic (exact) mass is 317 g/mol. The molecule has 0 fully saturated rings. The molecule has 0 aromatic heterocycles. The highest BCUT2D eigenvalue weighted by Gasteiger charge is 2.21. The summed E-state index contributed by atoms with van der Waals surface area (Å²) < 4.78 is 18.2. The van der Waals surface area contributed by atoms with E-state index >= 15 is 0 Å². The molecule has 6 heteroatoms. The Morgan fingerprint density at radius 3 is 2.61 bits per heavy atom. The highest BCUT2D eigenvalue weighted by atomic mass is 19.1. The van der Waals surface area contributed by atoms with Gasteiger partial charge in [0.05, 0.1) is 7.11 Å². The topological polar surface area (TPSA) is 75.6 Å². The van der Waals surface area contributed by atoms with E-state index < -0.39 is 23.7 Å². The van der Waals surface area contributed by atoms with Gasteiger partial charge in [0.25, 0.3) is 5.91 Å². The number of carbonyl (C=O) groups excluding carboxylic acids is 1. The van der Waals surface area contributed by atoms with Gasteiger partial charge in [0.1, 0.15) is 17.6 Å². The second kappa shape index (κ2) is 7.40. The van der Waals surface area contributed by atoms with Crippen LogP contribution in [0, 0.1) is 5.82 Å². The van der Waals surface area contributed by atoms with Crippen molar-refractivity contribution in [3.63, 3.8) is 0 Å². The molecule has 1 atom stereocenters. The Hall–Kier alpha value is -2.89. The molecule has 0 unspecified atom stereocenters. The van der Waals surface area contributed by atoms with Crippen molar-refractivity contribution in [3.8, 4) is 5.75 Å². The van der Waals surface area contributed by atoms with Gasteiger partial charge in [-0.15, -0.1) is 0 Å². The predicted molar refractivity (Wildman–Crippen MR) is 82.0 cm³/mol. The van der Waals surface area contributed by atoms with E-state index in [1.165, 1.54) is 25.3 Å². The number of amides is 1. The summed E-state index contributed by atoms with van der Waals surface area (Å²) in [6.45, 7) is 0. The molecule has 0 aliphatic heterocycles. The molecule has 0 aliphatic rings. The van der Waals surface area contributed by atoms with Gasteiger partial charge >= 0.3 is 5.97 Å². The number of hydrogen-bond donors (Lipinski definition) is 2. The van der Waals surface area contributed by atoms with Crippen molar-refractivity contribution in [1.29, 1.82) is 0 Å². The van der Waals surface area contributed by atoms with Crippen LogP contribution in [0.25, 0.3) is 0 Å². The van der Waals surface area contributed by atoms with Crippen LogP contribution in [0.1, 0.15) is 15.9 Å². The van der Waals surface area contributed by atoms with Gasteiger partial charge in [-0.05, 0) is 35.9 Å². The van der Waals surface area contributed by atoms with Crippen LogP contribution in [0.4, 0.5) is 4.39 Å². The first-order valence-corrected chi connectivity index (χ1v) is 6.92. The quantitative estimate of drug-likeness (QED) is 0.857. The molecule has 2 rings (SSSR count). The molecule has 2 aromatic carbocycles. The van der Waals surface area contributed by atoms with Gasteiger partial charge in [-0.2, -0.15) is 0 Å². The second-order valence-corrected chi connectivity index (χ2v) is 4.93. The van der Waals surface area contributed by atoms with Crippen molar-refractivity contribution in [1.82, 2.24) is 5.32 Å².